The Labute approximate surface area is 115 Å². The maximum Gasteiger partial charge on any atom is 0.359 e. The van der Waals surface area contributed by atoms with Crippen molar-refractivity contribution in [1.29, 1.82) is 0 Å². The molecule has 1 saturated heterocycles. The van der Waals surface area contributed by atoms with Gasteiger partial charge in [-0.3, -0.25) is 4.68 Å². The van der Waals surface area contributed by atoms with Crippen molar-refractivity contribution < 1.29 is 18.7 Å². The Hall–Kier alpha value is -1.95. The minimum atomic E-state index is -0.554. The van der Waals surface area contributed by atoms with Crippen molar-refractivity contribution in [3.63, 3.8) is 0 Å². The molecule has 0 N–H and O–H groups in total. The van der Waals surface area contributed by atoms with Gasteiger partial charge < -0.3 is 9.47 Å². The second-order valence-electron chi connectivity index (χ2n) is 4.91. The monoisotopic (exact) mass is 278 g/mol. The van der Waals surface area contributed by atoms with Gasteiger partial charge in [0.05, 0.1) is 19.2 Å². The second-order valence-corrected chi connectivity index (χ2v) is 4.91. The minimum Gasteiger partial charge on any atom is -0.464 e. The highest BCUT2D eigenvalue weighted by atomic mass is 19.1. The average Bonchev–Trinajstić information content (AvgIpc) is 3.06. The summed E-state index contributed by atoms with van der Waals surface area (Å²) in [7, 11) is 1.29. The van der Waals surface area contributed by atoms with Gasteiger partial charge in [-0.2, -0.15) is 5.10 Å². The fraction of sp³-hybridized carbons (Fsp3) is 0.429. The molecule has 1 fully saturated rings. The molecule has 0 aliphatic carbocycles. The summed E-state index contributed by atoms with van der Waals surface area (Å²) in [4.78, 5) is 11.7. The lowest BCUT2D eigenvalue weighted by atomic mass is 10.1. The molecule has 1 unspecified atom stereocenters. The molecular weight excluding hydrogens is 263 g/mol. The molecule has 0 amide bonds. The Bertz CT molecular complexity index is 647. The smallest absolute Gasteiger partial charge is 0.359 e. The van der Waals surface area contributed by atoms with E-state index in [1.807, 2.05) is 0 Å². The third kappa shape index (κ3) is 2.27. The predicted molar refractivity (Wildman–Crippen MR) is 70.0 cm³/mol. The van der Waals surface area contributed by atoms with E-state index >= 15 is 0 Å². The third-order valence-corrected chi connectivity index (χ3v) is 3.55. The summed E-state index contributed by atoms with van der Waals surface area (Å²) in [6.45, 7) is 2.09. The van der Waals surface area contributed by atoms with Gasteiger partial charge in [-0.15, -0.1) is 0 Å². The lowest BCUT2D eigenvalue weighted by molar-refractivity contribution is 0.0595. The zero-order valence-electron chi connectivity index (χ0n) is 11.1. The van der Waals surface area contributed by atoms with Crippen LogP contribution in [0.25, 0.3) is 10.9 Å². The van der Waals surface area contributed by atoms with Crippen molar-refractivity contribution >= 4 is 16.9 Å². The zero-order valence-corrected chi connectivity index (χ0v) is 11.1. The van der Waals surface area contributed by atoms with Crippen LogP contribution < -0.4 is 0 Å². The molecule has 6 heteroatoms. The topological polar surface area (TPSA) is 53.3 Å². The van der Waals surface area contributed by atoms with Crippen LogP contribution >= 0.6 is 0 Å². The summed E-state index contributed by atoms with van der Waals surface area (Å²) in [6.07, 6.45) is 0.968. The number of aromatic nitrogens is 2. The molecule has 0 saturated carbocycles. The van der Waals surface area contributed by atoms with E-state index in [4.69, 9.17) is 9.47 Å². The molecule has 1 aliphatic heterocycles. The van der Waals surface area contributed by atoms with Gasteiger partial charge >= 0.3 is 5.97 Å². The largest absolute Gasteiger partial charge is 0.464 e. The van der Waals surface area contributed by atoms with Crippen molar-refractivity contribution in [2.45, 2.75) is 13.0 Å². The number of halogens is 1. The Kier molecular flexibility index (Phi) is 3.40. The van der Waals surface area contributed by atoms with E-state index in [0.29, 0.717) is 24.5 Å². The molecule has 1 aromatic heterocycles. The number of hydrogen-bond donors (Lipinski definition) is 0. The lowest BCUT2D eigenvalue weighted by Gasteiger charge is -2.08. The number of hydrogen-bond acceptors (Lipinski definition) is 4. The van der Waals surface area contributed by atoms with Crippen LogP contribution in [0.1, 0.15) is 16.9 Å². The van der Waals surface area contributed by atoms with E-state index in [1.165, 1.54) is 19.2 Å². The zero-order chi connectivity index (χ0) is 14.1. The summed E-state index contributed by atoms with van der Waals surface area (Å²) in [6, 6.07) is 4.32. The van der Waals surface area contributed by atoms with Gasteiger partial charge in [-0.25, -0.2) is 9.18 Å². The minimum absolute atomic E-state index is 0.154. The van der Waals surface area contributed by atoms with Gasteiger partial charge in [0.1, 0.15) is 5.82 Å². The van der Waals surface area contributed by atoms with Crippen LogP contribution in [0.3, 0.4) is 0 Å². The summed E-state index contributed by atoms with van der Waals surface area (Å²) in [5.74, 6) is -0.581. The molecule has 1 atom stereocenters. The molecule has 0 radical (unpaired) electrons. The number of carbonyl (C=O) groups excluding carboxylic acids is 1. The van der Waals surface area contributed by atoms with Gasteiger partial charge in [0.15, 0.2) is 5.69 Å². The van der Waals surface area contributed by atoms with Crippen molar-refractivity contribution in [3.05, 3.63) is 29.7 Å². The molecule has 3 rings (SSSR count). The molecule has 1 aliphatic rings. The molecule has 2 heterocycles. The first kappa shape index (κ1) is 13.1. The fourth-order valence-electron chi connectivity index (χ4n) is 2.51. The first-order valence-electron chi connectivity index (χ1n) is 6.51. The van der Waals surface area contributed by atoms with Gasteiger partial charge in [-0.1, -0.05) is 0 Å². The van der Waals surface area contributed by atoms with Crippen molar-refractivity contribution in [2.24, 2.45) is 5.92 Å². The van der Waals surface area contributed by atoms with Crippen LogP contribution in [-0.4, -0.2) is 36.1 Å². The maximum absolute atomic E-state index is 13.4. The number of carbonyl (C=O) groups is 1. The van der Waals surface area contributed by atoms with Crippen LogP contribution in [0.4, 0.5) is 4.39 Å². The second kappa shape index (κ2) is 5.20. The highest BCUT2D eigenvalue weighted by molar-refractivity contribution is 6.02. The highest BCUT2D eigenvalue weighted by Gasteiger charge is 2.22. The number of nitrogens with zero attached hydrogens (tertiary/aromatic N) is 2. The number of benzene rings is 1. The lowest BCUT2D eigenvalue weighted by Crippen LogP contribution is -2.12. The van der Waals surface area contributed by atoms with Gasteiger partial charge in [0.2, 0.25) is 0 Å². The molecule has 20 heavy (non-hydrogen) atoms. The van der Waals surface area contributed by atoms with Gasteiger partial charge in [-0.05, 0) is 24.6 Å². The van der Waals surface area contributed by atoms with E-state index < -0.39 is 11.8 Å². The van der Waals surface area contributed by atoms with E-state index in [2.05, 4.69) is 5.10 Å². The van der Waals surface area contributed by atoms with Crippen LogP contribution in [0.5, 0.6) is 0 Å². The van der Waals surface area contributed by atoms with E-state index in [1.54, 1.807) is 10.7 Å². The molecule has 5 nitrogen and oxygen atoms in total. The fourth-order valence-corrected chi connectivity index (χ4v) is 2.51. The van der Waals surface area contributed by atoms with Crippen LogP contribution in [0.15, 0.2) is 18.2 Å². The summed E-state index contributed by atoms with van der Waals surface area (Å²) >= 11 is 0. The predicted octanol–water partition coefficient (Wildman–Crippen LogP) is 2.00. The standard InChI is InChI=1S/C14H15FN2O3/c1-19-14(18)13-11-6-10(15)2-3-12(11)17(16-13)7-9-4-5-20-8-9/h2-3,6,9H,4-5,7-8H2,1H3. The Balaban J connectivity index is 2.05. The molecule has 1 aromatic carbocycles. The highest BCUT2D eigenvalue weighted by Crippen LogP contribution is 2.23. The van der Waals surface area contributed by atoms with Crippen molar-refractivity contribution in [2.75, 3.05) is 20.3 Å². The maximum atomic E-state index is 13.4. The number of rotatable bonds is 3. The molecule has 0 spiro atoms. The number of fused-ring (bicyclic) bond motifs is 1. The molecular formula is C14H15FN2O3. The van der Waals surface area contributed by atoms with Crippen LogP contribution in [-0.2, 0) is 16.0 Å². The summed E-state index contributed by atoms with van der Waals surface area (Å²) in [5, 5.41) is 4.77. The van der Waals surface area contributed by atoms with Crippen molar-refractivity contribution in [1.82, 2.24) is 9.78 Å². The van der Waals surface area contributed by atoms with Gasteiger partial charge in [0.25, 0.3) is 0 Å². The average molecular weight is 278 g/mol. The van der Waals surface area contributed by atoms with E-state index in [9.17, 15) is 9.18 Å². The van der Waals surface area contributed by atoms with E-state index in [-0.39, 0.29) is 5.69 Å². The quantitative estimate of drug-likeness (QED) is 0.806. The van der Waals surface area contributed by atoms with Crippen LogP contribution in [0, 0.1) is 11.7 Å². The van der Waals surface area contributed by atoms with E-state index in [0.717, 1.165) is 18.5 Å². The Morgan fingerprint density at radius 2 is 2.45 bits per heavy atom. The molecule has 0 bridgehead atoms. The summed E-state index contributed by atoms with van der Waals surface area (Å²) in [5.41, 5.74) is 0.889. The molecule has 106 valence electrons. The normalized spacial score (nSPS) is 18.6. The summed E-state index contributed by atoms with van der Waals surface area (Å²) < 4.78 is 25.2. The number of methoxy groups -OCH3 is 1. The Morgan fingerprint density at radius 3 is 3.15 bits per heavy atom. The van der Waals surface area contributed by atoms with Crippen molar-refractivity contribution in [3.8, 4) is 0 Å². The number of esters is 1. The van der Waals surface area contributed by atoms with Gasteiger partial charge in [0, 0.05) is 24.5 Å². The third-order valence-electron chi connectivity index (χ3n) is 3.55. The number of ether oxygens (including phenoxy) is 2. The first-order chi connectivity index (χ1) is 9.69. The Morgan fingerprint density at radius 1 is 1.60 bits per heavy atom. The SMILES string of the molecule is COC(=O)c1nn(CC2CCOC2)c2ccc(F)cc12. The molecule has 2 aromatic rings. The van der Waals surface area contributed by atoms with Crippen LogP contribution in [0.2, 0.25) is 0 Å². The first-order valence-corrected chi connectivity index (χ1v) is 6.51.